The summed E-state index contributed by atoms with van der Waals surface area (Å²) in [4.78, 5) is 0. The molecule has 0 spiro atoms. The van der Waals surface area contributed by atoms with Crippen LogP contribution in [0.5, 0.6) is 11.5 Å². The predicted octanol–water partition coefficient (Wildman–Crippen LogP) is 15.8. The van der Waals surface area contributed by atoms with Gasteiger partial charge in [-0.2, -0.15) is 0 Å². The minimum atomic E-state index is 0.0147. The van der Waals surface area contributed by atoms with Crippen LogP contribution >= 0.6 is 0 Å². The Kier molecular flexibility index (Phi) is 11.4. The summed E-state index contributed by atoms with van der Waals surface area (Å²) in [6.07, 6.45) is 4.80. The topological polar surface area (TPSA) is 18.5 Å². The highest BCUT2D eigenvalue weighted by atomic mass is 16.5. The van der Waals surface area contributed by atoms with Crippen LogP contribution in [0.25, 0.3) is 60.7 Å². The number of methoxy groups -OCH3 is 2. The first-order valence-corrected chi connectivity index (χ1v) is 24.3. The highest BCUT2D eigenvalue weighted by molar-refractivity contribution is 6.06. The Labute approximate surface area is 409 Å². The van der Waals surface area contributed by atoms with Gasteiger partial charge in [0, 0.05) is 29.7 Å². The quantitative estimate of drug-likeness (QED) is 0.127. The van der Waals surface area contributed by atoms with Gasteiger partial charge in [0.15, 0.2) is 0 Å². The Morgan fingerprint density at radius 1 is 0.493 bits per heavy atom. The van der Waals surface area contributed by atoms with Gasteiger partial charge in [0.25, 0.3) is 0 Å². The zero-order valence-corrected chi connectivity index (χ0v) is 42.3. The van der Waals surface area contributed by atoms with Crippen LogP contribution in [-0.2, 0) is 5.41 Å². The van der Waals surface area contributed by atoms with E-state index in [-0.39, 0.29) is 10.8 Å². The average molecular weight is 899 g/mol. The van der Waals surface area contributed by atoms with E-state index in [1.165, 1.54) is 88.7 Å². The molecule has 2 aliphatic rings. The van der Waals surface area contributed by atoms with Crippen LogP contribution in [0.2, 0.25) is 0 Å². The minimum Gasteiger partial charge on any atom is -0.497 e. The molecule has 2 aliphatic carbocycles. The molecule has 0 bridgehead atoms. The van der Waals surface area contributed by atoms with Crippen molar-refractivity contribution in [3.05, 3.63) is 236 Å². The first-order chi connectivity index (χ1) is 33.0. The van der Waals surface area contributed by atoms with Gasteiger partial charge in [0.1, 0.15) is 11.5 Å². The smallest absolute Gasteiger partial charge is 0.118 e. The van der Waals surface area contributed by atoms with Gasteiger partial charge in [0.05, 0.1) is 49.0 Å². The lowest BCUT2D eigenvalue weighted by molar-refractivity contribution is 0.415. The number of ether oxygens (including phenoxy) is 2. The molecule has 0 radical (unpaired) electrons. The first-order valence-electron chi connectivity index (χ1n) is 24.3. The second kappa shape index (κ2) is 17.3. The number of benzene rings is 8. The van der Waals surface area contributed by atoms with E-state index in [1.54, 1.807) is 14.2 Å². The van der Waals surface area contributed by atoms with E-state index in [0.29, 0.717) is 0 Å². The standard InChI is InChI=1S/C67H62O2/c1-40-33-48(66(5,6)7)34-41(2)62(40)64-54-19-15-13-17-52(54)60(53-18-14-16-20-55(53)64)39-61-58-37-46(44-21-27-50(68-11)28-22-44)25-31-56(58)65(63-42(3)35-49(36-43(63)4)67(8,9)10)57-32-26-47(38-59(57)61)45-23-29-51(69-12)30-24-45/h13-38H,1-12H3. The second-order valence-corrected chi connectivity index (χ2v) is 21.2. The molecule has 342 valence electrons. The molecule has 0 atom stereocenters. The lowest BCUT2D eigenvalue weighted by Crippen LogP contribution is -2.22. The fourth-order valence-corrected chi connectivity index (χ4v) is 10.8. The highest BCUT2D eigenvalue weighted by Gasteiger charge is 2.33. The number of aryl methyl sites for hydroxylation is 2. The molecule has 0 saturated heterocycles. The summed E-state index contributed by atoms with van der Waals surface area (Å²) in [7, 11) is 3.44. The molecule has 10 rings (SSSR count). The molecule has 8 aromatic rings. The SMILES string of the molecule is COc1ccc(-c2ccc3c(c2)C(=C=c2c4ccccc4c(=C4C(C)=C[C+](C(C)(C)C)C=C4C)c4ccccc24)c2cc(-c4ccc(OC)cc4)ccc2[C-]3c2c(C)cc(C(C)(C)C)cc2C)cc1. The van der Waals surface area contributed by atoms with Crippen LogP contribution in [0, 0.1) is 31.1 Å². The summed E-state index contributed by atoms with van der Waals surface area (Å²) in [6, 6.07) is 53.7. The van der Waals surface area contributed by atoms with Crippen molar-refractivity contribution in [2.75, 3.05) is 14.2 Å². The van der Waals surface area contributed by atoms with Crippen molar-refractivity contribution in [3.8, 4) is 33.8 Å². The van der Waals surface area contributed by atoms with Gasteiger partial charge >= 0.3 is 0 Å². The summed E-state index contributed by atoms with van der Waals surface area (Å²) in [5.74, 6) is 4.28. The lowest BCUT2D eigenvalue weighted by atomic mass is 9.69. The Morgan fingerprint density at radius 2 is 0.913 bits per heavy atom. The van der Waals surface area contributed by atoms with Crippen LogP contribution < -0.4 is 19.9 Å². The number of fused-ring (bicyclic) bond motifs is 4. The van der Waals surface area contributed by atoms with Crippen molar-refractivity contribution in [2.45, 2.75) is 74.7 Å². The average Bonchev–Trinajstić information content (AvgIpc) is 3.33. The summed E-state index contributed by atoms with van der Waals surface area (Å²) >= 11 is 0. The third-order valence-electron chi connectivity index (χ3n) is 14.4. The molecular weight excluding hydrogens is 837 g/mol. The number of hydrogen-bond donors (Lipinski definition) is 0. The number of hydrogen-bond acceptors (Lipinski definition) is 2. The number of rotatable bonds is 5. The van der Waals surface area contributed by atoms with Gasteiger partial charge in [-0.25, -0.2) is 0 Å². The third kappa shape index (κ3) is 8.07. The van der Waals surface area contributed by atoms with E-state index < -0.39 is 0 Å². The Hall–Kier alpha value is -7.38. The monoisotopic (exact) mass is 898 g/mol. The van der Waals surface area contributed by atoms with Gasteiger partial charge in [-0.1, -0.05) is 206 Å². The zero-order valence-electron chi connectivity index (χ0n) is 42.3. The van der Waals surface area contributed by atoms with Crippen LogP contribution in [0.4, 0.5) is 0 Å². The predicted molar refractivity (Wildman–Crippen MR) is 292 cm³/mol. The highest BCUT2D eigenvalue weighted by Crippen LogP contribution is 2.49. The second-order valence-electron chi connectivity index (χ2n) is 21.2. The summed E-state index contributed by atoms with van der Waals surface area (Å²) in [6.45, 7) is 23.0. The Balaban J connectivity index is 1.37. The summed E-state index contributed by atoms with van der Waals surface area (Å²) in [5, 5.41) is 7.17. The van der Waals surface area contributed by atoms with Crippen LogP contribution in [0.15, 0.2) is 169 Å². The van der Waals surface area contributed by atoms with Crippen molar-refractivity contribution in [1.82, 2.24) is 0 Å². The molecule has 0 aromatic heterocycles. The van der Waals surface area contributed by atoms with Crippen LogP contribution in [-0.4, -0.2) is 14.2 Å². The molecule has 0 aliphatic heterocycles. The fourth-order valence-electron chi connectivity index (χ4n) is 10.8. The maximum absolute atomic E-state index is 5.61. The molecule has 0 heterocycles. The molecule has 0 unspecified atom stereocenters. The molecule has 69 heavy (non-hydrogen) atoms. The maximum atomic E-state index is 5.61. The van der Waals surface area contributed by atoms with E-state index in [0.717, 1.165) is 55.7 Å². The molecule has 0 N–H and O–H groups in total. The van der Waals surface area contributed by atoms with Crippen molar-refractivity contribution >= 4 is 38.4 Å². The molecule has 0 saturated carbocycles. The molecule has 2 heteroatoms. The van der Waals surface area contributed by atoms with E-state index in [2.05, 4.69) is 233 Å². The van der Waals surface area contributed by atoms with Gasteiger partial charge in [0.2, 0.25) is 0 Å². The minimum absolute atomic E-state index is 0.0147. The Bertz CT molecular complexity index is 3380. The van der Waals surface area contributed by atoms with Gasteiger partial charge in [-0.15, -0.1) is 5.73 Å². The van der Waals surface area contributed by atoms with Crippen LogP contribution in [0.1, 0.15) is 99.9 Å². The molecule has 0 amide bonds. The van der Waals surface area contributed by atoms with E-state index in [9.17, 15) is 0 Å². The van der Waals surface area contributed by atoms with Crippen molar-refractivity contribution in [2.24, 2.45) is 5.41 Å². The first kappa shape index (κ1) is 45.4. The van der Waals surface area contributed by atoms with Gasteiger partial charge < -0.3 is 9.47 Å². The third-order valence-corrected chi connectivity index (χ3v) is 14.4. The normalized spacial score (nSPS) is 13.8. The van der Waals surface area contributed by atoms with Gasteiger partial charge in [-0.3, -0.25) is 0 Å². The van der Waals surface area contributed by atoms with E-state index in [1.807, 2.05) is 0 Å². The van der Waals surface area contributed by atoms with E-state index in [4.69, 9.17) is 9.47 Å². The Morgan fingerprint density at radius 3 is 1.32 bits per heavy atom. The van der Waals surface area contributed by atoms with Crippen molar-refractivity contribution in [1.29, 1.82) is 0 Å². The van der Waals surface area contributed by atoms with Gasteiger partial charge in [-0.05, 0) is 99.8 Å². The van der Waals surface area contributed by atoms with Crippen molar-refractivity contribution < 1.29 is 9.47 Å². The summed E-state index contributed by atoms with van der Waals surface area (Å²) < 4.78 is 11.2. The molecule has 0 fully saturated rings. The van der Waals surface area contributed by atoms with E-state index >= 15 is 0 Å². The van der Waals surface area contributed by atoms with Crippen LogP contribution in [0.3, 0.4) is 0 Å². The number of allylic oxidation sites excluding steroid dienone is 4. The molecular formula is C67H62O2. The lowest BCUT2D eigenvalue weighted by Gasteiger charge is -2.39. The maximum Gasteiger partial charge on any atom is 0.118 e. The zero-order chi connectivity index (χ0) is 48.5. The fraction of sp³-hybridized carbons (Fsp3) is 0.209. The summed E-state index contributed by atoms with van der Waals surface area (Å²) in [5.41, 5.74) is 23.7. The molecule has 2 nitrogen and oxygen atoms in total. The molecule has 8 aromatic carbocycles. The largest absolute Gasteiger partial charge is 0.497 e. The van der Waals surface area contributed by atoms with Crippen molar-refractivity contribution in [3.63, 3.8) is 0 Å².